The molecule has 57 heavy (non-hydrogen) atoms. The molecule has 2 aromatic heterocycles. The summed E-state index contributed by atoms with van der Waals surface area (Å²) in [6.07, 6.45) is 0. The molecule has 10 aromatic carbocycles. The van der Waals surface area contributed by atoms with Gasteiger partial charge in [0.25, 0.3) is 0 Å². The number of hydrogen-bond donors (Lipinski definition) is 0. The fraction of sp³-hybridized carbons (Fsp3) is 0. The van der Waals surface area contributed by atoms with E-state index in [0.29, 0.717) is 0 Å². The van der Waals surface area contributed by atoms with Gasteiger partial charge in [-0.1, -0.05) is 133 Å². The maximum Gasteiger partial charge on any atom is 0.137 e. The molecule has 0 saturated carbocycles. The third-order valence-corrected chi connectivity index (χ3v) is 11.7. The Morgan fingerprint density at radius 2 is 0.965 bits per heavy atom. The van der Waals surface area contributed by atoms with Crippen LogP contribution in [0.15, 0.2) is 211 Å². The van der Waals surface area contributed by atoms with Gasteiger partial charge in [-0.25, -0.2) is 0 Å². The highest BCUT2D eigenvalue weighted by Crippen LogP contribution is 2.44. The van der Waals surface area contributed by atoms with Crippen LogP contribution in [0.1, 0.15) is 0 Å². The summed E-state index contributed by atoms with van der Waals surface area (Å²) in [5.74, 6) is 0. The van der Waals surface area contributed by atoms with Crippen LogP contribution in [0.2, 0.25) is 0 Å². The van der Waals surface area contributed by atoms with E-state index in [0.717, 1.165) is 44.7 Å². The smallest absolute Gasteiger partial charge is 0.137 e. The summed E-state index contributed by atoms with van der Waals surface area (Å²) in [5, 5.41) is 12.1. The average molecular weight is 727 g/mol. The Morgan fingerprint density at radius 3 is 1.82 bits per heavy atom. The molecule has 0 spiro atoms. The van der Waals surface area contributed by atoms with Crippen molar-refractivity contribution in [3.63, 3.8) is 0 Å². The predicted octanol–water partition coefficient (Wildman–Crippen LogP) is 15.3. The standard InChI is InChI=1S/C54H34N2O/c1-3-14-38-31-40(24-23-35(38)11-1)46-20-10-21-49-54(46)53-45-18-6-5-13-37(45)26-30-50(53)56(49)42-17-9-16-41(33-42)55(43-27-25-36-12-2-4-15-39(36)32-43)44-28-29-48-47-19-7-8-22-51(47)57-52(48)34-44/h1-34H. The van der Waals surface area contributed by atoms with Gasteiger partial charge in [-0.3, -0.25) is 0 Å². The molecule has 0 aliphatic carbocycles. The Morgan fingerprint density at radius 1 is 0.351 bits per heavy atom. The number of aromatic nitrogens is 1. The molecule has 0 saturated heterocycles. The molecule has 0 aliphatic heterocycles. The topological polar surface area (TPSA) is 21.3 Å². The predicted molar refractivity (Wildman–Crippen MR) is 241 cm³/mol. The summed E-state index contributed by atoms with van der Waals surface area (Å²) in [5.41, 5.74) is 10.8. The van der Waals surface area contributed by atoms with Crippen molar-refractivity contribution in [2.75, 3.05) is 4.90 Å². The molecule has 0 radical (unpaired) electrons. The quantitative estimate of drug-likeness (QED) is 0.176. The minimum atomic E-state index is 0.867. The van der Waals surface area contributed by atoms with Crippen molar-refractivity contribution in [3.8, 4) is 16.8 Å². The van der Waals surface area contributed by atoms with Gasteiger partial charge < -0.3 is 13.9 Å². The zero-order valence-electron chi connectivity index (χ0n) is 30.9. The van der Waals surface area contributed by atoms with E-state index >= 15 is 0 Å². The Labute approximate surface area is 328 Å². The molecule has 3 nitrogen and oxygen atoms in total. The Balaban J connectivity index is 1.11. The molecule has 0 amide bonds. The van der Waals surface area contributed by atoms with Crippen LogP contribution in [0.3, 0.4) is 0 Å². The highest BCUT2D eigenvalue weighted by molar-refractivity contribution is 6.25. The highest BCUT2D eigenvalue weighted by atomic mass is 16.3. The minimum absolute atomic E-state index is 0.867. The van der Waals surface area contributed by atoms with Crippen LogP contribution in [0, 0.1) is 0 Å². The number of anilines is 3. The second-order valence-electron chi connectivity index (χ2n) is 14.9. The van der Waals surface area contributed by atoms with E-state index in [1.165, 1.54) is 65.3 Å². The van der Waals surface area contributed by atoms with Gasteiger partial charge in [0.05, 0.1) is 11.0 Å². The van der Waals surface area contributed by atoms with Crippen molar-refractivity contribution < 1.29 is 4.42 Å². The lowest BCUT2D eigenvalue weighted by molar-refractivity contribution is 0.669. The summed E-state index contributed by atoms with van der Waals surface area (Å²) in [4.78, 5) is 2.35. The van der Waals surface area contributed by atoms with Crippen LogP contribution in [-0.4, -0.2) is 4.57 Å². The van der Waals surface area contributed by atoms with Gasteiger partial charge in [-0.05, 0) is 110 Å². The summed E-state index contributed by atoms with van der Waals surface area (Å²) in [6, 6.07) is 74.7. The molecule has 0 fully saturated rings. The van der Waals surface area contributed by atoms with E-state index in [1.807, 2.05) is 12.1 Å². The molecular formula is C54H34N2O. The van der Waals surface area contributed by atoms with Crippen LogP contribution in [0.25, 0.3) is 92.9 Å². The van der Waals surface area contributed by atoms with Crippen LogP contribution in [0.5, 0.6) is 0 Å². The van der Waals surface area contributed by atoms with Crippen LogP contribution in [-0.2, 0) is 0 Å². The first kappa shape index (κ1) is 31.7. The fourth-order valence-electron chi connectivity index (χ4n) is 9.09. The molecule has 0 atom stereocenters. The van der Waals surface area contributed by atoms with Gasteiger partial charge in [0, 0.05) is 50.4 Å². The van der Waals surface area contributed by atoms with Gasteiger partial charge >= 0.3 is 0 Å². The molecule has 3 heteroatoms. The first-order valence-electron chi connectivity index (χ1n) is 19.5. The summed E-state index contributed by atoms with van der Waals surface area (Å²) >= 11 is 0. The summed E-state index contributed by atoms with van der Waals surface area (Å²) < 4.78 is 8.89. The monoisotopic (exact) mass is 726 g/mol. The summed E-state index contributed by atoms with van der Waals surface area (Å²) in [6.45, 7) is 0. The van der Waals surface area contributed by atoms with E-state index in [9.17, 15) is 0 Å². The first-order chi connectivity index (χ1) is 28.2. The van der Waals surface area contributed by atoms with E-state index in [4.69, 9.17) is 4.42 Å². The van der Waals surface area contributed by atoms with Crippen molar-refractivity contribution in [2.24, 2.45) is 0 Å². The van der Waals surface area contributed by atoms with Gasteiger partial charge in [-0.2, -0.15) is 0 Å². The molecular weight excluding hydrogens is 693 g/mol. The zero-order valence-corrected chi connectivity index (χ0v) is 30.9. The maximum absolute atomic E-state index is 6.44. The van der Waals surface area contributed by atoms with Crippen LogP contribution in [0.4, 0.5) is 17.1 Å². The molecule has 12 aromatic rings. The maximum atomic E-state index is 6.44. The molecule has 266 valence electrons. The average Bonchev–Trinajstić information content (AvgIpc) is 3.82. The lowest BCUT2D eigenvalue weighted by Crippen LogP contribution is -2.10. The third kappa shape index (κ3) is 4.99. The molecule has 0 aliphatic rings. The van der Waals surface area contributed by atoms with Crippen molar-refractivity contribution in [3.05, 3.63) is 206 Å². The van der Waals surface area contributed by atoms with Crippen molar-refractivity contribution in [1.29, 1.82) is 0 Å². The SMILES string of the molecule is c1cc(N(c2ccc3ccccc3c2)c2ccc3c(c2)oc2ccccc23)cc(-n2c3cccc(-c4ccc5ccccc5c4)c3c3c4ccccc4ccc32)c1. The largest absolute Gasteiger partial charge is 0.456 e. The van der Waals surface area contributed by atoms with Crippen molar-refractivity contribution in [2.45, 2.75) is 0 Å². The number of nitrogens with zero attached hydrogens (tertiary/aromatic N) is 2. The molecule has 12 rings (SSSR count). The second kappa shape index (κ2) is 12.5. The number of fused-ring (bicyclic) bond motifs is 10. The van der Waals surface area contributed by atoms with Crippen LogP contribution >= 0.6 is 0 Å². The minimum Gasteiger partial charge on any atom is -0.456 e. The molecule has 0 bridgehead atoms. The van der Waals surface area contributed by atoms with Crippen LogP contribution < -0.4 is 4.90 Å². The highest BCUT2D eigenvalue weighted by Gasteiger charge is 2.21. The van der Waals surface area contributed by atoms with Gasteiger partial charge in [0.2, 0.25) is 0 Å². The number of hydrogen-bond acceptors (Lipinski definition) is 2. The van der Waals surface area contributed by atoms with Gasteiger partial charge in [-0.15, -0.1) is 0 Å². The van der Waals surface area contributed by atoms with Crippen molar-refractivity contribution >= 4 is 93.1 Å². The number of benzene rings is 10. The Hall–Kier alpha value is -7.62. The first-order valence-corrected chi connectivity index (χ1v) is 19.5. The van der Waals surface area contributed by atoms with E-state index in [1.54, 1.807) is 0 Å². The lowest BCUT2D eigenvalue weighted by atomic mass is 9.95. The van der Waals surface area contributed by atoms with E-state index < -0.39 is 0 Å². The zero-order chi connectivity index (χ0) is 37.5. The Bertz CT molecular complexity index is 3550. The van der Waals surface area contributed by atoms with Gasteiger partial charge in [0.1, 0.15) is 11.2 Å². The third-order valence-electron chi connectivity index (χ3n) is 11.7. The second-order valence-corrected chi connectivity index (χ2v) is 14.9. The molecule has 0 N–H and O–H groups in total. The summed E-state index contributed by atoms with van der Waals surface area (Å²) in [7, 11) is 0. The number of rotatable bonds is 5. The lowest BCUT2D eigenvalue weighted by Gasteiger charge is -2.26. The number of para-hydroxylation sites is 1. The van der Waals surface area contributed by atoms with E-state index in [2.05, 4.69) is 204 Å². The normalized spacial score (nSPS) is 11.9. The van der Waals surface area contributed by atoms with Gasteiger partial charge in [0.15, 0.2) is 0 Å². The molecule has 2 heterocycles. The molecule has 0 unspecified atom stereocenters. The number of furan rings is 1. The Kier molecular flexibility index (Phi) is 6.93. The van der Waals surface area contributed by atoms with E-state index in [-0.39, 0.29) is 0 Å². The van der Waals surface area contributed by atoms with Crippen molar-refractivity contribution in [1.82, 2.24) is 4.57 Å². The fourth-order valence-corrected chi connectivity index (χ4v) is 9.09.